The van der Waals surface area contributed by atoms with Crippen LogP contribution in [0.15, 0.2) is 18.3 Å². The first-order valence-corrected chi connectivity index (χ1v) is 5.58. The lowest BCUT2D eigenvalue weighted by Gasteiger charge is -2.30. The number of aromatic hydroxyl groups is 1. The minimum Gasteiger partial charge on any atom is -0.493 e. The van der Waals surface area contributed by atoms with Crippen LogP contribution in [-0.4, -0.2) is 52.2 Å². The van der Waals surface area contributed by atoms with Gasteiger partial charge < -0.3 is 14.7 Å². The Morgan fingerprint density at radius 2 is 2.41 bits per heavy atom. The smallest absolute Gasteiger partial charge is 0.215 e. The fourth-order valence-electron chi connectivity index (χ4n) is 2.04. The Hall–Kier alpha value is -1.60. The molecule has 1 aliphatic rings. The van der Waals surface area contributed by atoms with Gasteiger partial charge in [-0.1, -0.05) is 0 Å². The predicted molar refractivity (Wildman–Crippen MR) is 63.5 cm³/mol. The summed E-state index contributed by atoms with van der Waals surface area (Å²) in [6.45, 7) is 2.40. The minimum atomic E-state index is -0.0838. The molecule has 1 atom stereocenters. The second-order valence-corrected chi connectivity index (χ2v) is 4.26. The third-order valence-electron chi connectivity index (χ3n) is 2.96. The van der Waals surface area contributed by atoms with Crippen molar-refractivity contribution in [1.82, 2.24) is 19.4 Å². The van der Waals surface area contributed by atoms with Crippen molar-refractivity contribution in [2.24, 2.45) is 0 Å². The van der Waals surface area contributed by atoms with Crippen LogP contribution in [0.5, 0.6) is 5.88 Å². The first-order chi connectivity index (χ1) is 8.24. The van der Waals surface area contributed by atoms with E-state index in [4.69, 9.17) is 4.74 Å². The molecule has 0 spiro atoms. The molecular formula is C10H13BN4O2. The Morgan fingerprint density at radius 3 is 3.24 bits per heavy atom. The van der Waals surface area contributed by atoms with Crippen LogP contribution < -0.4 is 0 Å². The van der Waals surface area contributed by atoms with Gasteiger partial charge in [-0.15, -0.1) is 0 Å². The molecule has 3 rings (SSSR count). The van der Waals surface area contributed by atoms with Crippen molar-refractivity contribution < 1.29 is 9.84 Å². The van der Waals surface area contributed by atoms with Crippen LogP contribution in [0.4, 0.5) is 0 Å². The Bertz CT molecular complexity index is 544. The summed E-state index contributed by atoms with van der Waals surface area (Å²) in [6.07, 6.45) is 1.53. The summed E-state index contributed by atoms with van der Waals surface area (Å²) in [7, 11) is 2.05. The van der Waals surface area contributed by atoms with Gasteiger partial charge in [-0.25, -0.2) is 4.98 Å². The van der Waals surface area contributed by atoms with Gasteiger partial charge in [-0.3, -0.25) is 0 Å². The number of morpholine rings is 1. The summed E-state index contributed by atoms with van der Waals surface area (Å²) < 4.78 is 7.07. The quantitative estimate of drug-likeness (QED) is 0.662. The fourth-order valence-corrected chi connectivity index (χ4v) is 2.04. The molecule has 1 fully saturated rings. The lowest BCUT2D eigenvalue weighted by atomic mass is 10.1. The second kappa shape index (κ2) is 4.01. The molecular weight excluding hydrogens is 219 g/mol. The van der Waals surface area contributed by atoms with Gasteiger partial charge in [-0.05, 0) is 0 Å². The van der Waals surface area contributed by atoms with Gasteiger partial charge in [0.05, 0.1) is 18.5 Å². The SMILES string of the molecule is BN1CCOC(c2cc(O)n3nccc3n2)C1. The van der Waals surface area contributed by atoms with E-state index in [1.54, 1.807) is 18.3 Å². The molecule has 0 saturated carbocycles. The van der Waals surface area contributed by atoms with Gasteiger partial charge in [0.2, 0.25) is 5.88 Å². The van der Waals surface area contributed by atoms with E-state index in [1.165, 1.54) is 4.52 Å². The van der Waals surface area contributed by atoms with Gasteiger partial charge in [0.15, 0.2) is 13.6 Å². The molecule has 1 unspecified atom stereocenters. The van der Waals surface area contributed by atoms with Crippen molar-refractivity contribution >= 4 is 13.6 Å². The van der Waals surface area contributed by atoms with Crippen LogP contribution in [0, 0.1) is 0 Å². The van der Waals surface area contributed by atoms with Crippen LogP contribution >= 0.6 is 0 Å². The molecule has 2 aromatic rings. The lowest BCUT2D eigenvalue weighted by Crippen LogP contribution is -2.36. The van der Waals surface area contributed by atoms with Crippen LogP contribution in [0.2, 0.25) is 0 Å². The molecule has 1 N–H and O–H groups in total. The van der Waals surface area contributed by atoms with Crippen molar-refractivity contribution in [3.05, 3.63) is 24.0 Å². The molecule has 2 aromatic heterocycles. The van der Waals surface area contributed by atoms with Gasteiger partial charge in [0, 0.05) is 25.2 Å². The number of aromatic nitrogens is 3. The van der Waals surface area contributed by atoms with Crippen molar-refractivity contribution in [3.63, 3.8) is 0 Å². The largest absolute Gasteiger partial charge is 0.493 e. The lowest BCUT2D eigenvalue weighted by molar-refractivity contribution is -0.00468. The van der Waals surface area contributed by atoms with Crippen molar-refractivity contribution in [1.29, 1.82) is 0 Å². The summed E-state index contributed by atoms with van der Waals surface area (Å²) in [4.78, 5) is 6.63. The number of hydrogen-bond acceptors (Lipinski definition) is 5. The van der Waals surface area contributed by atoms with Gasteiger partial charge in [0.1, 0.15) is 6.10 Å². The van der Waals surface area contributed by atoms with Gasteiger partial charge in [0.25, 0.3) is 0 Å². The third-order valence-corrected chi connectivity index (χ3v) is 2.96. The molecule has 17 heavy (non-hydrogen) atoms. The molecule has 1 saturated heterocycles. The Morgan fingerprint density at radius 1 is 1.53 bits per heavy atom. The van der Waals surface area contributed by atoms with Gasteiger partial charge in [-0.2, -0.15) is 9.61 Å². The third kappa shape index (κ3) is 1.87. The highest BCUT2D eigenvalue weighted by Crippen LogP contribution is 2.23. The Kier molecular flexibility index (Phi) is 2.49. The fraction of sp³-hybridized carbons (Fsp3) is 0.400. The van der Waals surface area contributed by atoms with E-state index in [1.807, 2.05) is 7.98 Å². The highest BCUT2D eigenvalue weighted by Gasteiger charge is 2.21. The molecule has 0 aromatic carbocycles. The standard InChI is InChI=1S/C10H13BN4O2/c11-14-3-4-17-8(6-14)7-5-10(16)15-9(13-7)1-2-12-15/h1-2,5,8,16H,3-4,6,11H2. The highest BCUT2D eigenvalue weighted by atomic mass is 16.5. The number of hydrogen-bond donors (Lipinski definition) is 1. The molecule has 88 valence electrons. The average molecular weight is 232 g/mol. The topological polar surface area (TPSA) is 62.9 Å². The zero-order valence-electron chi connectivity index (χ0n) is 9.58. The number of ether oxygens (including phenoxy) is 1. The minimum absolute atomic E-state index is 0.0838. The van der Waals surface area contributed by atoms with E-state index >= 15 is 0 Å². The second-order valence-electron chi connectivity index (χ2n) is 4.26. The van der Waals surface area contributed by atoms with E-state index in [0.29, 0.717) is 12.3 Å². The summed E-state index contributed by atoms with van der Waals surface area (Å²) >= 11 is 0. The van der Waals surface area contributed by atoms with Crippen LogP contribution in [0.25, 0.3) is 5.65 Å². The number of fused-ring (bicyclic) bond motifs is 1. The predicted octanol–water partition coefficient (Wildman–Crippen LogP) is -0.644. The normalized spacial score (nSPS) is 22.0. The molecule has 3 heterocycles. The molecule has 0 bridgehead atoms. The molecule has 0 amide bonds. The first kappa shape index (κ1) is 10.6. The number of nitrogens with zero attached hydrogens (tertiary/aromatic N) is 4. The maximum atomic E-state index is 9.83. The summed E-state index contributed by atoms with van der Waals surface area (Å²) in [5.74, 6) is 0.0897. The monoisotopic (exact) mass is 232 g/mol. The maximum Gasteiger partial charge on any atom is 0.215 e. The van der Waals surface area contributed by atoms with E-state index in [9.17, 15) is 5.11 Å². The van der Waals surface area contributed by atoms with E-state index in [-0.39, 0.29) is 12.0 Å². The molecule has 0 aliphatic carbocycles. The van der Waals surface area contributed by atoms with E-state index in [2.05, 4.69) is 14.9 Å². The first-order valence-electron chi connectivity index (χ1n) is 5.58. The van der Waals surface area contributed by atoms with E-state index in [0.717, 1.165) is 18.8 Å². The maximum absolute atomic E-state index is 9.83. The van der Waals surface area contributed by atoms with Crippen molar-refractivity contribution in [2.45, 2.75) is 6.10 Å². The average Bonchev–Trinajstić information content (AvgIpc) is 2.77. The van der Waals surface area contributed by atoms with Crippen LogP contribution in [0.3, 0.4) is 0 Å². The Balaban J connectivity index is 1.99. The summed E-state index contributed by atoms with van der Waals surface area (Å²) in [5, 5.41) is 13.8. The molecule has 7 heteroatoms. The molecule has 6 nitrogen and oxygen atoms in total. The van der Waals surface area contributed by atoms with Gasteiger partial charge >= 0.3 is 0 Å². The number of rotatable bonds is 1. The van der Waals surface area contributed by atoms with E-state index < -0.39 is 0 Å². The van der Waals surface area contributed by atoms with Crippen LogP contribution in [-0.2, 0) is 4.74 Å². The highest BCUT2D eigenvalue weighted by molar-refractivity contribution is 6.04. The molecule has 1 aliphatic heterocycles. The van der Waals surface area contributed by atoms with Crippen molar-refractivity contribution in [2.75, 3.05) is 19.7 Å². The zero-order valence-corrected chi connectivity index (χ0v) is 9.58. The van der Waals surface area contributed by atoms with Crippen LogP contribution in [0.1, 0.15) is 11.8 Å². The zero-order chi connectivity index (χ0) is 11.8. The molecule has 0 radical (unpaired) electrons. The summed E-state index contributed by atoms with van der Waals surface area (Å²) in [6, 6.07) is 3.37. The van der Waals surface area contributed by atoms with Crippen molar-refractivity contribution in [3.8, 4) is 5.88 Å². The Labute approximate surface area is 99.3 Å². The summed E-state index contributed by atoms with van der Waals surface area (Å²) in [5.41, 5.74) is 1.39.